The third-order valence-corrected chi connectivity index (χ3v) is 6.33. The lowest BCUT2D eigenvalue weighted by atomic mass is 9.91. The Kier molecular flexibility index (Phi) is 6.76. The summed E-state index contributed by atoms with van der Waals surface area (Å²) in [4.78, 5) is 13.0. The van der Waals surface area contributed by atoms with Crippen molar-refractivity contribution >= 4 is 31.1 Å². The Bertz CT molecular complexity index is 951. The summed E-state index contributed by atoms with van der Waals surface area (Å²) in [5, 5.41) is 16.6. The monoisotopic (exact) mass is 418 g/mol. The van der Waals surface area contributed by atoms with Gasteiger partial charge in [-0.3, -0.25) is 9.88 Å². The zero-order valence-corrected chi connectivity index (χ0v) is 18.1. The standard InChI is InChI=1S/C22H27BN6S/c23-19(11-24)22-27-20(10-21(28-22)26-13-16-4-1-7-25-12-16)17-5-2-8-29(14-17)15-18-6-3-9-30-18/h1,3-4,6-7,9-12,17,24,26,28H,2,5,8,13-15,23H2/b22-19+,24-11?. The fraction of sp³-hybridized carbons (Fsp3) is 0.318. The van der Waals surface area contributed by atoms with Gasteiger partial charge in [0.1, 0.15) is 19.5 Å². The van der Waals surface area contributed by atoms with E-state index in [0.29, 0.717) is 12.5 Å². The highest BCUT2D eigenvalue weighted by Gasteiger charge is 2.26. The third kappa shape index (κ3) is 5.26. The van der Waals surface area contributed by atoms with E-state index in [9.17, 15) is 0 Å². The third-order valence-electron chi connectivity index (χ3n) is 5.47. The Balaban J connectivity index is 1.50. The van der Waals surface area contributed by atoms with Crippen LogP contribution in [-0.2, 0) is 13.1 Å². The molecule has 0 spiro atoms. The number of hydrogen-bond donors (Lipinski definition) is 3. The fourth-order valence-corrected chi connectivity index (χ4v) is 4.57. The lowest BCUT2D eigenvalue weighted by molar-refractivity contribution is 0.198. The molecular formula is C22H27BN6S. The van der Waals surface area contributed by atoms with Crippen LogP contribution >= 0.6 is 11.3 Å². The topological polar surface area (TPSA) is 76.4 Å². The van der Waals surface area contributed by atoms with Crippen LogP contribution in [0.3, 0.4) is 0 Å². The molecule has 0 saturated carbocycles. The average molecular weight is 418 g/mol. The molecule has 154 valence electrons. The van der Waals surface area contributed by atoms with Crippen LogP contribution in [0.25, 0.3) is 0 Å². The number of allylic oxidation sites excluding steroid dienone is 2. The molecule has 0 aromatic carbocycles. The number of pyridine rings is 1. The van der Waals surface area contributed by atoms with E-state index >= 15 is 0 Å². The minimum absolute atomic E-state index is 0.393. The Labute approximate surface area is 182 Å². The SMILES string of the molecule is B/C(C=N)=C1\N=C(C2CCCN(Cc3cccs3)C2)C=C(NCc2cccnc2)N1. The van der Waals surface area contributed by atoms with Gasteiger partial charge in [0, 0.05) is 55.1 Å². The fourth-order valence-electron chi connectivity index (χ4n) is 3.82. The molecule has 1 atom stereocenters. The highest BCUT2D eigenvalue weighted by molar-refractivity contribution is 7.09. The predicted molar refractivity (Wildman–Crippen MR) is 126 cm³/mol. The molecule has 2 aromatic heterocycles. The van der Waals surface area contributed by atoms with Gasteiger partial charge in [-0.15, -0.1) is 11.3 Å². The number of nitrogens with one attached hydrogen (secondary N) is 3. The number of aliphatic imine (C=N–C) groups is 1. The highest BCUT2D eigenvalue weighted by atomic mass is 32.1. The number of thiophene rings is 1. The summed E-state index contributed by atoms with van der Waals surface area (Å²) in [6.45, 7) is 3.85. The van der Waals surface area contributed by atoms with E-state index in [-0.39, 0.29) is 0 Å². The van der Waals surface area contributed by atoms with Gasteiger partial charge in [-0.2, -0.15) is 0 Å². The van der Waals surface area contributed by atoms with Crippen LogP contribution in [0.15, 0.2) is 70.2 Å². The number of hydrogen-bond acceptors (Lipinski definition) is 7. The van der Waals surface area contributed by atoms with Gasteiger partial charge in [-0.05, 0) is 47.9 Å². The quantitative estimate of drug-likeness (QED) is 0.477. The smallest absolute Gasteiger partial charge is 0.146 e. The second kappa shape index (κ2) is 9.87. The van der Waals surface area contributed by atoms with Crippen molar-refractivity contribution in [2.75, 3.05) is 13.1 Å². The summed E-state index contributed by atoms with van der Waals surface area (Å²) in [5.74, 6) is 2.08. The molecule has 0 amide bonds. The lowest BCUT2D eigenvalue weighted by Crippen LogP contribution is -2.40. The van der Waals surface area contributed by atoms with Gasteiger partial charge in [-0.25, -0.2) is 4.99 Å². The molecule has 0 bridgehead atoms. The molecule has 1 saturated heterocycles. The Hall–Kier alpha value is -2.71. The van der Waals surface area contributed by atoms with E-state index in [1.807, 2.05) is 31.4 Å². The van der Waals surface area contributed by atoms with Crippen LogP contribution in [0.5, 0.6) is 0 Å². The van der Waals surface area contributed by atoms with Gasteiger partial charge in [0.25, 0.3) is 0 Å². The normalized spacial score (nSPS) is 21.3. The first kappa shape index (κ1) is 20.6. The van der Waals surface area contributed by atoms with Crippen molar-refractivity contribution in [3.8, 4) is 0 Å². The molecule has 4 rings (SSSR count). The van der Waals surface area contributed by atoms with Crippen molar-refractivity contribution in [2.45, 2.75) is 25.9 Å². The highest BCUT2D eigenvalue weighted by Crippen LogP contribution is 2.24. The van der Waals surface area contributed by atoms with E-state index < -0.39 is 0 Å². The number of likely N-dealkylation sites (tertiary alicyclic amines) is 1. The van der Waals surface area contributed by atoms with Crippen molar-refractivity contribution in [3.63, 3.8) is 0 Å². The first-order valence-electron chi connectivity index (χ1n) is 10.4. The first-order chi connectivity index (χ1) is 14.7. The zero-order valence-electron chi connectivity index (χ0n) is 17.3. The lowest BCUT2D eigenvalue weighted by Gasteiger charge is -2.34. The molecule has 2 aromatic rings. The van der Waals surface area contributed by atoms with E-state index in [2.05, 4.69) is 50.2 Å². The van der Waals surface area contributed by atoms with Gasteiger partial charge < -0.3 is 16.0 Å². The van der Waals surface area contributed by atoms with E-state index in [4.69, 9.17) is 10.4 Å². The summed E-state index contributed by atoms with van der Waals surface area (Å²) < 4.78 is 0. The van der Waals surface area contributed by atoms with Gasteiger partial charge in [0.2, 0.25) is 0 Å². The zero-order chi connectivity index (χ0) is 20.8. The molecular weight excluding hydrogens is 391 g/mol. The minimum atomic E-state index is 0.393. The molecule has 3 N–H and O–H groups in total. The molecule has 4 heterocycles. The van der Waals surface area contributed by atoms with E-state index in [0.717, 1.165) is 54.4 Å². The minimum Gasteiger partial charge on any atom is -0.367 e. The second-order valence-electron chi connectivity index (χ2n) is 7.76. The maximum absolute atomic E-state index is 7.65. The predicted octanol–water partition coefficient (Wildman–Crippen LogP) is 2.48. The molecule has 6 nitrogen and oxygen atoms in total. The van der Waals surface area contributed by atoms with Crippen LogP contribution in [0, 0.1) is 11.3 Å². The van der Waals surface area contributed by atoms with E-state index in [1.165, 1.54) is 17.5 Å². The van der Waals surface area contributed by atoms with Crippen LogP contribution < -0.4 is 10.6 Å². The van der Waals surface area contributed by atoms with Crippen molar-refractivity contribution in [2.24, 2.45) is 10.9 Å². The number of aromatic nitrogens is 1. The van der Waals surface area contributed by atoms with Crippen LogP contribution in [0.1, 0.15) is 23.3 Å². The van der Waals surface area contributed by atoms with Crippen molar-refractivity contribution in [1.82, 2.24) is 20.5 Å². The summed E-state index contributed by atoms with van der Waals surface area (Å²) >= 11 is 1.82. The van der Waals surface area contributed by atoms with Crippen LogP contribution in [0.4, 0.5) is 0 Å². The molecule has 0 radical (unpaired) electrons. The summed E-state index contributed by atoms with van der Waals surface area (Å²) in [6.07, 6.45) is 9.47. The van der Waals surface area contributed by atoms with Crippen molar-refractivity contribution < 1.29 is 0 Å². The van der Waals surface area contributed by atoms with Crippen LogP contribution in [-0.4, -0.2) is 42.7 Å². The molecule has 0 aliphatic carbocycles. The molecule has 2 aliphatic rings. The Morgan fingerprint density at radius 1 is 1.40 bits per heavy atom. The maximum atomic E-state index is 7.65. The molecule has 2 aliphatic heterocycles. The van der Waals surface area contributed by atoms with Crippen LogP contribution in [0.2, 0.25) is 0 Å². The second-order valence-corrected chi connectivity index (χ2v) is 8.80. The summed E-state index contributed by atoms with van der Waals surface area (Å²) in [7, 11) is 1.92. The number of piperidine rings is 1. The van der Waals surface area contributed by atoms with Gasteiger partial charge in [-0.1, -0.05) is 12.1 Å². The molecule has 8 heteroatoms. The average Bonchev–Trinajstić information content (AvgIpc) is 3.31. The van der Waals surface area contributed by atoms with Crippen molar-refractivity contribution in [3.05, 3.63) is 75.7 Å². The molecule has 30 heavy (non-hydrogen) atoms. The first-order valence-corrected chi connectivity index (χ1v) is 11.3. The molecule has 1 fully saturated rings. The largest absolute Gasteiger partial charge is 0.367 e. The molecule has 1 unspecified atom stereocenters. The summed E-state index contributed by atoms with van der Waals surface area (Å²) in [6, 6.07) is 8.34. The Morgan fingerprint density at radius 2 is 2.33 bits per heavy atom. The van der Waals surface area contributed by atoms with Gasteiger partial charge in [0.15, 0.2) is 0 Å². The van der Waals surface area contributed by atoms with Gasteiger partial charge >= 0.3 is 0 Å². The van der Waals surface area contributed by atoms with Crippen molar-refractivity contribution in [1.29, 1.82) is 5.41 Å². The Morgan fingerprint density at radius 3 is 3.10 bits per heavy atom. The number of rotatable bonds is 7. The summed E-state index contributed by atoms with van der Waals surface area (Å²) in [5.41, 5.74) is 3.04. The maximum Gasteiger partial charge on any atom is 0.146 e. The number of nitrogens with zero attached hydrogens (tertiary/aromatic N) is 3. The van der Waals surface area contributed by atoms with E-state index in [1.54, 1.807) is 6.20 Å². The van der Waals surface area contributed by atoms with Gasteiger partial charge in [0.05, 0.1) is 5.71 Å².